The first-order valence-electron chi connectivity index (χ1n) is 3.26. The van der Waals surface area contributed by atoms with Gasteiger partial charge in [0, 0.05) is 19.4 Å². The van der Waals surface area contributed by atoms with Gasteiger partial charge in [-0.3, -0.25) is 0 Å². The van der Waals surface area contributed by atoms with Crippen molar-refractivity contribution in [2.75, 3.05) is 0 Å². The molecular weight excluding hydrogens is 180 g/mol. The normalized spacial score (nSPS) is 10.8. The van der Waals surface area contributed by atoms with Gasteiger partial charge in [0.25, 0.3) is 0 Å². The lowest BCUT2D eigenvalue weighted by Crippen LogP contribution is -2.17. The smallest absolute Gasteiger partial charge is 0.246 e. The Morgan fingerprint density at radius 2 is 2.33 bits per heavy atom. The molecule has 5 nitrogen and oxygen atoms in total. The van der Waals surface area contributed by atoms with Gasteiger partial charge in [-0.25, -0.2) is 18.9 Å². The average molecular weight is 185 g/mol. The maximum absolute atomic E-state index is 11.3. The van der Waals surface area contributed by atoms with Crippen molar-refractivity contribution < 1.29 is 0 Å². The summed E-state index contributed by atoms with van der Waals surface area (Å²) < 4.78 is 2.55. The monoisotopic (exact) mass is 184 g/mol. The molecule has 2 rings (SSSR count). The van der Waals surface area contributed by atoms with Crippen LogP contribution in [-0.2, 0) is 7.05 Å². The molecule has 0 saturated carbocycles. The van der Waals surface area contributed by atoms with Crippen molar-refractivity contribution in [2.45, 2.75) is 0 Å². The Labute approximate surface area is 72.2 Å². The van der Waals surface area contributed by atoms with E-state index in [0.29, 0.717) is 5.65 Å². The fourth-order valence-electron chi connectivity index (χ4n) is 0.978. The molecule has 2 heterocycles. The van der Waals surface area contributed by atoms with E-state index in [4.69, 9.17) is 11.6 Å². The SMILES string of the molecule is Cn1nc2c(Cl)nccn2c1=O. The van der Waals surface area contributed by atoms with Crippen LogP contribution in [0.4, 0.5) is 0 Å². The van der Waals surface area contributed by atoms with Gasteiger partial charge in [0.15, 0.2) is 10.8 Å². The van der Waals surface area contributed by atoms with Gasteiger partial charge in [-0.2, -0.15) is 0 Å². The average Bonchev–Trinajstić information content (AvgIpc) is 2.32. The minimum Gasteiger partial charge on any atom is -0.246 e. The molecular formula is C6H5ClN4O. The Kier molecular flexibility index (Phi) is 1.41. The second-order valence-corrected chi connectivity index (χ2v) is 2.68. The lowest BCUT2D eigenvalue weighted by Gasteiger charge is -1.88. The van der Waals surface area contributed by atoms with E-state index in [0.717, 1.165) is 0 Å². The van der Waals surface area contributed by atoms with Crippen molar-refractivity contribution in [1.29, 1.82) is 0 Å². The van der Waals surface area contributed by atoms with E-state index in [1.807, 2.05) is 0 Å². The van der Waals surface area contributed by atoms with Gasteiger partial charge in [0.2, 0.25) is 0 Å². The molecule has 0 aliphatic rings. The third kappa shape index (κ3) is 0.831. The standard InChI is InChI=1S/C6H5ClN4O/c1-10-6(12)11-3-2-8-4(7)5(11)9-10/h2-3H,1H3. The van der Waals surface area contributed by atoms with Crippen LogP contribution in [0.15, 0.2) is 17.2 Å². The molecule has 0 aliphatic carbocycles. The third-order valence-corrected chi connectivity index (χ3v) is 1.81. The van der Waals surface area contributed by atoms with Crippen LogP contribution in [0.3, 0.4) is 0 Å². The Hall–Kier alpha value is -1.36. The fraction of sp³-hybridized carbons (Fsp3) is 0.167. The summed E-state index contributed by atoms with van der Waals surface area (Å²) in [7, 11) is 1.56. The zero-order valence-electron chi connectivity index (χ0n) is 6.23. The number of hydrogen-bond donors (Lipinski definition) is 0. The van der Waals surface area contributed by atoms with Crippen molar-refractivity contribution in [3.8, 4) is 0 Å². The Balaban J connectivity index is 3.05. The van der Waals surface area contributed by atoms with Crippen LogP contribution in [0.1, 0.15) is 0 Å². The number of aromatic nitrogens is 4. The third-order valence-electron chi connectivity index (χ3n) is 1.54. The minimum atomic E-state index is -0.227. The highest BCUT2D eigenvalue weighted by atomic mass is 35.5. The molecule has 0 bridgehead atoms. The molecule has 6 heteroatoms. The van der Waals surface area contributed by atoms with E-state index in [2.05, 4.69) is 10.1 Å². The molecule has 0 fully saturated rings. The summed E-state index contributed by atoms with van der Waals surface area (Å²) in [5.41, 5.74) is 0.154. The van der Waals surface area contributed by atoms with Gasteiger partial charge >= 0.3 is 5.69 Å². The van der Waals surface area contributed by atoms with Crippen molar-refractivity contribution in [2.24, 2.45) is 7.05 Å². The number of fused-ring (bicyclic) bond motifs is 1. The van der Waals surface area contributed by atoms with Crippen LogP contribution >= 0.6 is 11.6 Å². The summed E-state index contributed by atoms with van der Waals surface area (Å²) in [6.07, 6.45) is 2.98. The quantitative estimate of drug-likeness (QED) is 0.583. The molecule has 0 amide bonds. The van der Waals surface area contributed by atoms with Crippen molar-refractivity contribution >= 4 is 17.2 Å². The van der Waals surface area contributed by atoms with E-state index < -0.39 is 0 Å². The van der Waals surface area contributed by atoms with E-state index in [1.54, 1.807) is 7.05 Å². The van der Waals surface area contributed by atoms with Crippen LogP contribution in [0.25, 0.3) is 5.65 Å². The molecule has 0 spiro atoms. The predicted octanol–water partition coefficient (Wildman–Crippen LogP) is 0.0814. The van der Waals surface area contributed by atoms with E-state index in [1.165, 1.54) is 21.5 Å². The van der Waals surface area contributed by atoms with Crippen LogP contribution in [0, 0.1) is 0 Å². The molecule has 2 aromatic rings. The summed E-state index contributed by atoms with van der Waals surface area (Å²) in [6, 6.07) is 0. The van der Waals surface area contributed by atoms with Crippen molar-refractivity contribution in [3.63, 3.8) is 0 Å². The van der Waals surface area contributed by atoms with Crippen LogP contribution in [-0.4, -0.2) is 19.2 Å². The second kappa shape index (κ2) is 2.31. The van der Waals surface area contributed by atoms with Gasteiger partial charge in [0.1, 0.15) is 0 Å². The molecule has 62 valence electrons. The largest absolute Gasteiger partial charge is 0.350 e. The van der Waals surface area contributed by atoms with Crippen molar-refractivity contribution in [1.82, 2.24) is 19.2 Å². The number of rotatable bonds is 0. The molecule has 0 aromatic carbocycles. The Bertz CT molecular complexity index is 486. The highest BCUT2D eigenvalue weighted by Crippen LogP contribution is 2.07. The minimum absolute atomic E-state index is 0.227. The molecule has 0 radical (unpaired) electrons. The number of nitrogens with zero attached hydrogens (tertiary/aromatic N) is 4. The Morgan fingerprint density at radius 1 is 1.58 bits per heavy atom. The highest BCUT2D eigenvalue weighted by molar-refractivity contribution is 6.32. The lowest BCUT2D eigenvalue weighted by molar-refractivity contribution is 0.733. The lowest BCUT2D eigenvalue weighted by atomic mass is 10.7. The number of halogens is 1. The van der Waals surface area contributed by atoms with Gasteiger partial charge in [-0.05, 0) is 0 Å². The molecule has 12 heavy (non-hydrogen) atoms. The van der Waals surface area contributed by atoms with Crippen LogP contribution < -0.4 is 5.69 Å². The van der Waals surface area contributed by atoms with Crippen molar-refractivity contribution in [3.05, 3.63) is 28.0 Å². The zero-order valence-corrected chi connectivity index (χ0v) is 6.99. The van der Waals surface area contributed by atoms with Crippen LogP contribution in [0.2, 0.25) is 5.15 Å². The molecule has 0 saturated heterocycles. The zero-order chi connectivity index (χ0) is 8.72. The molecule has 0 N–H and O–H groups in total. The van der Waals surface area contributed by atoms with Gasteiger partial charge in [0.05, 0.1) is 0 Å². The molecule has 0 atom stereocenters. The summed E-state index contributed by atoms with van der Waals surface area (Å²) >= 11 is 5.70. The second-order valence-electron chi connectivity index (χ2n) is 2.32. The molecule has 2 aromatic heterocycles. The molecule has 0 unspecified atom stereocenters. The summed E-state index contributed by atoms with van der Waals surface area (Å²) in [6.45, 7) is 0. The maximum Gasteiger partial charge on any atom is 0.350 e. The summed E-state index contributed by atoms with van der Waals surface area (Å²) in [5, 5.41) is 4.12. The van der Waals surface area contributed by atoms with Gasteiger partial charge in [-0.15, -0.1) is 5.10 Å². The van der Waals surface area contributed by atoms with Gasteiger partial charge in [-0.1, -0.05) is 11.6 Å². The molecule has 0 aliphatic heterocycles. The summed E-state index contributed by atoms with van der Waals surface area (Å²) in [5.74, 6) is 0. The van der Waals surface area contributed by atoms with Crippen LogP contribution in [0.5, 0.6) is 0 Å². The topological polar surface area (TPSA) is 52.2 Å². The summed E-state index contributed by atoms with van der Waals surface area (Å²) in [4.78, 5) is 15.0. The van der Waals surface area contributed by atoms with E-state index >= 15 is 0 Å². The van der Waals surface area contributed by atoms with E-state index in [9.17, 15) is 4.79 Å². The maximum atomic E-state index is 11.3. The number of aryl methyl sites for hydroxylation is 1. The van der Waals surface area contributed by atoms with E-state index in [-0.39, 0.29) is 10.8 Å². The highest BCUT2D eigenvalue weighted by Gasteiger charge is 2.06. The first-order chi connectivity index (χ1) is 5.70. The fourth-order valence-corrected chi connectivity index (χ4v) is 1.16. The first kappa shape index (κ1) is 7.30. The van der Waals surface area contributed by atoms with Gasteiger partial charge < -0.3 is 0 Å². The Morgan fingerprint density at radius 3 is 3.00 bits per heavy atom. The predicted molar refractivity (Wildman–Crippen MR) is 43.2 cm³/mol. The first-order valence-corrected chi connectivity index (χ1v) is 3.64. The number of hydrogen-bond acceptors (Lipinski definition) is 3.